The first-order chi connectivity index (χ1) is 8.74. The van der Waals surface area contributed by atoms with E-state index in [1.54, 1.807) is 11.8 Å². The first-order valence-electron chi connectivity index (χ1n) is 6.14. The molecule has 2 amide bonds. The van der Waals surface area contributed by atoms with Crippen LogP contribution < -0.4 is 10.6 Å². The zero-order valence-electron chi connectivity index (χ0n) is 10.1. The van der Waals surface area contributed by atoms with E-state index in [4.69, 9.17) is 11.6 Å². The highest BCUT2D eigenvalue weighted by Gasteiger charge is 2.21. The Morgan fingerprint density at radius 1 is 1.28 bits per heavy atom. The van der Waals surface area contributed by atoms with Crippen LogP contribution in [0.25, 0.3) is 0 Å². The SMILES string of the molecule is O=C(NCCSc1ccc(Cl)cc1)NCC1CC1. The molecule has 0 atom stereocenters. The van der Waals surface area contributed by atoms with Crippen molar-refractivity contribution in [3.8, 4) is 0 Å². The third-order valence-electron chi connectivity index (χ3n) is 2.72. The van der Waals surface area contributed by atoms with E-state index in [1.165, 1.54) is 17.7 Å². The van der Waals surface area contributed by atoms with E-state index in [9.17, 15) is 4.79 Å². The molecule has 0 aliphatic heterocycles. The van der Waals surface area contributed by atoms with E-state index in [2.05, 4.69) is 10.6 Å². The first-order valence-corrected chi connectivity index (χ1v) is 7.50. The van der Waals surface area contributed by atoms with Crippen LogP contribution in [-0.2, 0) is 0 Å². The van der Waals surface area contributed by atoms with Crippen molar-refractivity contribution in [1.29, 1.82) is 0 Å². The Labute approximate surface area is 117 Å². The van der Waals surface area contributed by atoms with Gasteiger partial charge in [-0.2, -0.15) is 0 Å². The lowest BCUT2D eigenvalue weighted by molar-refractivity contribution is 0.241. The number of rotatable bonds is 6. The third kappa shape index (κ3) is 5.19. The molecular formula is C13H17ClN2OS. The average Bonchev–Trinajstić information content (AvgIpc) is 3.18. The maximum Gasteiger partial charge on any atom is 0.314 e. The summed E-state index contributed by atoms with van der Waals surface area (Å²) in [6.45, 7) is 1.49. The zero-order valence-corrected chi connectivity index (χ0v) is 11.7. The van der Waals surface area contributed by atoms with Gasteiger partial charge in [0.25, 0.3) is 0 Å². The van der Waals surface area contributed by atoms with Gasteiger partial charge >= 0.3 is 6.03 Å². The van der Waals surface area contributed by atoms with Gasteiger partial charge in [0.2, 0.25) is 0 Å². The topological polar surface area (TPSA) is 41.1 Å². The van der Waals surface area contributed by atoms with Crippen molar-refractivity contribution in [2.75, 3.05) is 18.8 Å². The molecule has 1 aliphatic carbocycles. The lowest BCUT2D eigenvalue weighted by Crippen LogP contribution is -2.37. The van der Waals surface area contributed by atoms with Crippen LogP contribution in [0.4, 0.5) is 4.79 Å². The Morgan fingerprint density at radius 3 is 2.67 bits per heavy atom. The molecule has 1 saturated carbocycles. The minimum absolute atomic E-state index is 0.0568. The van der Waals surface area contributed by atoms with Crippen LogP contribution in [0.15, 0.2) is 29.2 Å². The normalized spacial score (nSPS) is 14.3. The van der Waals surface area contributed by atoms with Gasteiger partial charge in [0.1, 0.15) is 0 Å². The molecule has 5 heteroatoms. The van der Waals surface area contributed by atoms with Crippen LogP contribution in [0.3, 0.4) is 0 Å². The Hall–Kier alpha value is -0.870. The Bertz CT molecular complexity index is 392. The predicted molar refractivity (Wildman–Crippen MR) is 76.3 cm³/mol. The summed E-state index contributed by atoms with van der Waals surface area (Å²) in [6, 6.07) is 7.67. The zero-order chi connectivity index (χ0) is 12.8. The number of carbonyl (C=O) groups is 1. The van der Waals surface area contributed by atoms with Gasteiger partial charge in [-0.15, -0.1) is 11.8 Å². The highest BCUT2D eigenvalue weighted by molar-refractivity contribution is 7.99. The van der Waals surface area contributed by atoms with Gasteiger partial charge in [-0.05, 0) is 43.0 Å². The fourth-order valence-electron chi connectivity index (χ4n) is 1.49. The largest absolute Gasteiger partial charge is 0.338 e. The quantitative estimate of drug-likeness (QED) is 0.622. The highest BCUT2D eigenvalue weighted by atomic mass is 35.5. The Balaban J connectivity index is 1.54. The summed E-state index contributed by atoms with van der Waals surface area (Å²) in [4.78, 5) is 12.5. The number of hydrogen-bond donors (Lipinski definition) is 2. The predicted octanol–water partition coefficient (Wildman–Crippen LogP) is 3.14. The van der Waals surface area contributed by atoms with Crippen LogP contribution in [-0.4, -0.2) is 24.9 Å². The molecule has 1 fully saturated rings. The lowest BCUT2D eigenvalue weighted by atomic mass is 10.4. The lowest BCUT2D eigenvalue weighted by Gasteiger charge is -2.06. The summed E-state index contributed by atoms with van der Waals surface area (Å²) in [5.74, 6) is 1.58. The molecule has 0 bridgehead atoms. The number of thioether (sulfide) groups is 1. The van der Waals surface area contributed by atoms with Gasteiger partial charge in [0.05, 0.1) is 0 Å². The van der Waals surface area contributed by atoms with Crippen molar-refractivity contribution in [2.24, 2.45) is 5.92 Å². The number of nitrogens with one attached hydrogen (secondary N) is 2. The van der Waals surface area contributed by atoms with Crippen LogP contribution >= 0.6 is 23.4 Å². The van der Waals surface area contributed by atoms with Crippen LogP contribution in [0.2, 0.25) is 5.02 Å². The molecule has 2 rings (SSSR count). The Morgan fingerprint density at radius 2 is 2.00 bits per heavy atom. The summed E-state index contributed by atoms with van der Waals surface area (Å²) in [5.41, 5.74) is 0. The van der Waals surface area contributed by atoms with Gasteiger partial charge in [-0.1, -0.05) is 11.6 Å². The smallest absolute Gasteiger partial charge is 0.314 e. The van der Waals surface area contributed by atoms with Crippen molar-refractivity contribution < 1.29 is 4.79 Å². The van der Waals surface area contributed by atoms with Crippen molar-refractivity contribution in [2.45, 2.75) is 17.7 Å². The van der Waals surface area contributed by atoms with Crippen molar-refractivity contribution in [3.63, 3.8) is 0 Å². The Kier molecular flexibility index (Phi) is 5.20. The summed E-state index contributed by atoms with van der Waals surface area (Å²) < 4.78 is 0. The van der Waals surface area contributed by atoms with Crippen molar-refractivity contribution in [3.05, 3.63) is 29.3 Å². The number of urea groups is 1. The fraction of sp³-hybridized carbons (Fsp3) is 0.462. The molecule has 0 saturated heterocycles. The molecule has 0 spiro atoms. The summed E-state index contributed by atoms with van der Waals surface area (Å²) in [6.07, 6.45) is 2.51. The molecule has 1 aromatic carbocycles. The molecule has 2 N–H and O–H groups in total. The molecule has 0 unspecified atom stereocenters. The first kappa shape index (κ1) is 13.6. The molecule has 0 radical (unpaired) electrons. The maximum atomic E-state index is 11.4. The summed E-state index contributed by atoms with van der Waals surface area (Å²) in [7, 11) is 0. The van der Waals surface area contributed by atoms with Gasteiger partial charge in [0.15, 0.2) is 0 Å². The molecule has 1 aromatic rings. The minimum Gasteiger partial charge on any atom is -0.338 e. The second-order valence-corrected chi connectivity index (χ2v) is 5.99. The number of halogens is 1. The average molecular weight is 285 g/mol. The highest BCUT2D eigenvalue weighted by Crippen LogP contribution is 2.27. The van der Waals surface area contributed by atoms with Crippen molar-refractivity contribution >= 4 is 29.4 Å². The molecule has 3 nitrogen and oxygen atoms in total. The number of benzene rings is 1. The number of amides is 2. The fourth-order valence-corrected chi connectivity index (χ4v) is 2.38. The van der Waals surface area contributed by atoms with Crippen LogP contribution in [0.1, 0.15) is 12.8 Å². The van der Waals surface area contributed by atoms with Gasteiger partial charge < -0.3 is 10.6 Å². The second kappa shape index (κ2) is 6.90. The summed E-state index contributed by atoms with van der Waals surface area (Å²) in [5, 5.41) is 6.47. The third-order valence-corrected chi connectivity index (χ3v) is 3.98. The molecule has 0 heterocycles. The second-order valence-electron chi connectivity index (χ2n) is 4.38. The van der Waals surface area contributed by atoms with Crippen LogP contribution in [0, 0.1) is 5.92 Å². The molecule has 98 valence electrons. The van der Waals surface area contributed by atoms with E-state index in [0.29, 0.717) is 6.54 Å². The van der Waals surface area contributed by atoms with E-state index in [0.717, 1.165) is 23.2 Å². The monoisotopic (exact) mass is 284 g/mol. The van der Waals surface area contributed by atoms with Crippen molar-refractivity contribution in [1.82, 2.24) is 10.6 Å². The standard InChI is InChI=1S/C13H17ClN2OS/c14-11-3-5-12(6-4-11)18-8-7-15-13(17)16-9-10-1-2-10/h3-6,10H,1-2,7-9H2,(H2,15,16,17). The van der Waals surface area contributed by atoms with E-state index < -0.39 is 0 Å². The molecule has 1 aliphatic rings. The van der Waals surface area contributed by atoms with E-state index in [1.807, 2.05) is 24.3 Å². The summed E-state index contributed by atoms with van der Waals surface area (Å²) >= 11 is 7.51. The van der Waals surface area contributed by atoms with Gasteiger partial charge in [-0.25, -0.2) is 4.79 Å². The van der Waals surface area contributed by atoms with E-state index in [-0.39, 0.29) is 6.03 Å². The van der Waals surface area contributed by atoms with Gasteiger partial charge in [-0.3, -0.25) is 0 Å². The number of carbonyl (C=O) groups excluding carboxylic acids is 1. The number of hydrogen-bond acceptors (Lipinski definition) is 2. The molecule has 18 heavy (non-hydrogen) atoms. The maximum absolute atomic E-state index is 11.4. The van der Waals surface area contributed by atoms with Gasteiger partial charge in [0, 0.05) is 28.8 Å². The van der Waals surface area contributed by atoms with E-state index >= 15 is 0 Å². The van der Waals surface area contributed by atoms with Crippen LogP contribution in [0.5, 0.6) is 0 Å². The molecular weight excluding hydrogens is 268 g/mol. The molecule has 0 aromatic heterocycles. The minimum atomic E-state index is -0.0568.